The predicted octanol–water partition coefficient (Wildman–Crippen LogP) is 1.98. The summed E-state index contributed by atoms with van der Waals surface area (Å²) < 4.78 is 1.96. The van der Waals surface area contributed by atoms with Crippen LogP contribution in [0.3, 0.4) is 0 Å². The number of amides is 1. The highest BCUT2D eigenvalue weighted by atomic mass is 16.1. The number of hydrogen-bond donors (Lipinski definition) is 2. The lowest BCUT2D eigenvalue weighted by atomic mass is 10.0. The highest BCUT2D eigenvalue weighted by Gasteiger charge is 2.16. The average Bonchev–Trinajstić information content (AvgIpc) is 2.85. The van der Waals surface area contributed by atoms with Crippen LogP contribution in [-0.4, -0.2) is 15.5 Å². The normalized spacial score (nSPS) is 13.8. The van der Waals surface area contributed by atoms with E-state index in [-0.39, 0.29) is 5.91 Å². The third-order valence-corrected chi connectivity index (χ3v) is 3.62. The smallest absolute Gasteiger partial charge is 0.244 e. The minimum atomic E-state index is -0.0412. The van der Waals surface area contributed by atoms with Crippen molar-refractivity contribution in [3.05, 3.63) is 42.0 Å². The van der Waals surface area contributed by atoms with Crippen LogP contribution in [0, 0.1) is 0 Å². The molecule has 0 saturated carbocycles. The van der Waals surface area contributed by atoms with Crippen LogP contribution in [-0.2, 0) is 24.2 Å². The van der Waals surface area contributed by atoms with E-state index in [4.69, 9.17) is 5.73 Å². The first-order valence-corrected chi connectivity index (χ1v) is 6.90. The van der Waals surface area contributed by atoms with E-state index in [2.05, 4.69) is 10.3 Å². The second-order valence-electron chi connectivity index (χ2n) is 5.14. The molecule has 1 aliphatic carbocycles. The molecule has 0 spiro atoms. The molecule has 0 aliphatic heterocycles. The lowest BCUT2D eigenvalue weighted by Gasteiger charge is -2.14. The Morgan fingerprint density at radius 3 is 2.80 bits per heavy atom. The molecule has 0 radical (unpaired) electrons. The maximum atomic E-state index is 12.1. The van der Waals surface area contributed by atoms with E-state index < -0.39 is 0 Å². The fourth-order valence-electron chi connectivity index (χ4n) is 2.59. The highest BCUT2D eigenvalue weighted by Crippen LogP contribution is 2.20. The number of anilines is 2. The minimum Gasteiger partial charge on any atom is -0.399 e. The molecular weight excluding hydrogens is 252 g/mol. The molecule has 2 aromatic rings. The van der Waals surface area contributed by atoms with Gasteiger partial charge >= 0.3 is 0 Å². The molecule has 1 aromatic heterocycles. The maximum Gasteiger partial charge on any atom is 0.244 e. The molecular formula is C15H18N4O. The molecule has 104 valence electrons. The Bertz CT molecular complexity index is 615. The number of nitrogen functional groups attached to an aromatic ring is 1. The van der Waals surface area contributed by atoms with Gasteiger partial charge in [0, 0.05) is 17.1 Å². The van der Waals surface area contributed by atoms with Gasteiger partial charge in [-0.25, -0.2) is 4.98 Å². The number of carbonyl (C=O) groups excluding carboxylic acids is 1. The van der Waals surface area contributed by atoms with Gasteiger partial charge in [-0.05, 0) is 49.9 Å². The Balaban J connectivity index is 1.67. The molecule has 1 aromatic carbocycles. The largest absolute Gasteiger partial charge is 0.399 e. The van der Waals surface area contributed by atoms with Gasteiger partial charge in [-0.3, -0.25) is 4.79 Å². The van der Waals surface area contributed by atoms with E-state index in [0.717, 1.165) is 24.2 Å². The van der Waals surface area contributed by atoms with E-state index in [1.807, 2.05) is 4.57 Å². The summed E-state index contributed by atoms with van der Waals surface area (Å²) in [5, 5.41) is 2.87. The fraction of sp³-hybridized carbons (Fsp3) is 0.333. The van der Waals surface area contributed by atoms with Crippen LogP contribution >= 0.6 is 0 Å². The molecule has 0 saturated heterocycles. The number of fused-ring (bicyclic) bond motifs is 1. The number of aryl methyl sites for hydroxylation is 1. The van der Waals surface area contributed by atoms with Crippen molar-refractivity contribution in [3.63, 3.8) is 0 Å². The summed E-state index contributed by atoms with van der Waals surface area (Å²) in [6.07, 6.45) is 6.20. The summed E-state index contributed by atoms with van der Waals surface area (Å²) in [5.41, 5.74) is 9.43. The topological polar surface area (TPSA) is 72.9 Å². The van der Waals surface area contributed by atoms with Gasteiger partial charge in [0.05, 0.1) is 12.0 Å². The number of aromatic nitrogens is 2. The summed E-state index contributed by atoms with van der Waals surface area (Å²) >= 11 is 0. The van der Waals surface area contributed by atoms with Gasteiger partial charge in [-0.1, -0.05) is 0 Å². The van der Waals surface area contributed by atoms with Crippen molar-refractivity contribution in [2.24, 2.45) is 0 Å². The zero-order valence-corrected chi connectivity index (χ0v) is 11.3. The summed E-state index contributed by atoms with van der Waals surface area (Å²) in [6.45, 7) is 0.312. The number of nitrogens with one attached hydrogen (secondary N) is 1. The zero-order chi connectivity index (χ0) is 13.9. The van der Waals surface area contributed by atoms with Crippen LogP contribution in [0.15, 0.2) is 30.6 Å². The fourth-order valence-corrected chi connectivity index (χ4v) is 2.59. The van der Waals surface area contributed by atoms with Crippen molar-refractivity contribution in [1.29, 1.82) is 0 Å². The van der Waals surface area contributed by atoms with Crippen molar-refractivity contribution < 1.29 is 4.79 Å². The number of hydrogen-bond acceptors (Lipinski definition) is 3. The van der Waals surface area contributed by atoms with Crippen LogP contribution in [0.5, 0.6) is 0 Å². The van der Waals surface area contributed by atoms with Crippen LogP contribution in [0.4, 0.5) is 11.4 Å². The van der Waals surface area contributed by atoms with E-state index in [1.165, 1.54) is 18.5 Å². The van der Waals surface area contributed by atoms with Gasteiger partial charge < -0.3 is 15.6 Å². The predicted molar refractivity (Wildman–Crippen MR) is 78.4 cm³/mol. The number of rotatable bonds is 3. The monoisotopic (exact) mass is 270 g/mol. The van der Waals surface area contributed by atoms with Crippen LogP contribution < -0.4 is 11.1 Å². The highest BCUT2D eigenvalue weighted by molar-refractivity contribution is 5.90. The van der Waals surface area contributed by atoms with Gasteiger partial charge in [-0.2, -0.15) is 0 Å². The Kier molecular flexibility index (Phi) is 3.41. The number of carbonyl (C=O) groups is 1. The summed E-state index contributed by atoms with van der Waals surface area (Å²) in [5.74, 6) is -0.0412. The van der Waals surface area contributed by atoms with Crippen LogP contribution in [0.2, 0.25) is 0 Å². The van der Waals surface area contributed by atoms with E-state index in [9.17, 15) is 4.79 Å². The molecule has 1 amide bonds. The molecule has 0 fully saturated rings. The molecule has 20 heavy (non-hydrogen) atoms. The third-order valence-electron chi connectivity index (χ3n) is 3.62. The molecule has 0 atom stereocenters. The molecule has 3 rings (SSSR count). The maximum absolute atomic E-state index is 12.1. The van der Waals surface area contributed by atoms with Gasteiger partial charge in [0.15, 0.2) is 0 Å². The SMILES string of the molecule is Nc1ccc(NC(=O)Cn2cnc3c2CCCC3)cc1. The lowest BCUT2D eigenvalue weighted by molar-refractivity contribution is -0.116. The summed E-state index contributed by atoms with van der Waals surface area (Å²) in [4.78, 5) is 16.5. The quantitative estimate of drug-likeness (QED) is 0.838. The molecule has 3 N–H and O–H groups in total. The number of benzene rings is 1. The first-order chi connectivity index (χ1) is 9.72. The standard InChI is InChI=1S/C15H18N4O/c16-11-5-7-12(8-6-11)18-15(20)9-19-10-17-13-3-1-2-4-14(13)19/h5-8,10H,1-4,9,16H2,(H,18,20). The summed E-state index contributed by atoms with van der Waals surface area (Å²) in [6, 6.07) is 7.15. The van der Waals surface area contributed by atoms with E-state index in [1.54, 1.807) is 30.6 Å². The van der Waals surface area contributed by atoms with Crippen LogP contribution in [0.1, 0.15) is 24.2 Å². The average molecular weight is 270 g/mol. The van der Waals surface area contributed by atoms with Crippen molar-refractivity contribution in [1.82, 2.24) is 9.55 Å². The lowest BCUT2D eigenvalue weighted by Crippen LogP contribution is -2.20. The Morgan fingerprint density at radius 2 is 2.00 bits per heavy atom. The van der Waals surface area contributed by atoms with Gasteiger partial charge in [0.1, 0.15) is 6.54 Å². The van der Waals surface area contributed by atoms with Crippen molar-refractivity contribution in [2.75, 3.05) is 11.1 Å². The molecule has 1 heterocycles. The summed E-state index contributed by atoms with van der Waals surface area (Å²) in [7, 11) is 0. The number of nitrogens with zero attached hydrogens (tertiary/aromatic N) is 2. The van der Waals surface area contributed by atoms with Crippen molar-refractivity contribution >= 4 is 17.3 Å². The van der Waals surface area contributed by atoms with Gasteiger partial charge in [-0.15, -0.1) is 0 Å². The Hall–Kier alpha value is -2.30. The van der Waals surface area contributed by atoms with E-state index >= 15 is 0 Å². The van der Waals surface area contributed by atoms with Crippen LogP contribution in [0.25, 0.3) is 0 Å². The first-order valence-electron chi connectivity index (χ1n) is 6.90. The number of nitrogens with two attached hydrogens (primary N) is 1. The molecule has 5 heteroatoms. The minimum absolute atomic E-state index is 0.0412. The molecule has 0 unspecified atom stereocenters. The zero-order valence-electron chi connectivity index (χ0n) is 11.3. The second kappa shape index (κ2) is 5.36. The van der Waals surface area contributed by atoms with Gasteiger partial charge in [0.25, 0.3) is 0 Å². The van der Waals surface area contributed by atoms with E-state index in [0.29, 0.717) is 12.2 Å². The molecule has 1 aliphatic rings. The molecule has 5 nitrogen and oxygen atoms in total. The van der Waals surface area contributed by atoms with Gasteiger partial charge in [0.2, 0.25) is 5.91 Å². The third kappa shape index (κ3) is 2.66. The van der Waals surface area contributed by atoms with Crippen molar-refractivity contribution in [2.45, 2.75) is 32.2 Å². The van der Waals surface area contributed by atoms with Crippen molar-refractivity contribution in [3.8, 4) is 0 Å². The number of imidazole rings is 1. The second-order valence-corrected chi connectivity index (χ2v) is 5.14. The Labute approximate surface area is 117 Å². The first kappa shape index (κ1) is 12.7. The molecule has 0 bridgehead atoms. The Morgan fingerprint density at radius 1 is 1.25 bits per heavy atom.